The van der Waals surface area contributed by atoms with Gasteiger partial charge in [0.2, 0.25) is 5.91 Å². The third-order valence-electron chi connectivity index (χ3n) is 6.84. The summed E-state index contributed by atoms with van der Waals surface area (Å²) in [7, 11) is 0. The molecule has 1 aliphatic carbocycles. The van der Waals surface area contributed by atoms with Gasteiger partial charge in [0.1, 0.15) is 5.41 Å². The maximum atomic E-state index is 13.9. The first-order valence-corrected chi connectivity index (χ1v) is 10.8. The van der Waals surface area contributed by atoms with Crippen molar-refractivity contribution < 1.29 is 9.59 Å². The van der Waals surface area contributed by atoms with E-state index in [-0.39, 0.29) is 0 Å². The van der Waals surface area contributed by atoms with Crippen molar-refractivity contribution in [1.29, 1.82) is 10.5 Å². The molecule has 0 bridgehead atoms. The summed E-state index contributed by atoms with van der Waals surface area (Å²) in [6.07, 6.45) is 5.44. The molecule has 2 aliphatic rings. The number of carbonyl (C=O) groups is 2. The van der Waals surface area contributed by atoms with E-state index in [4.69, 9.17) is 0 Å². The summed E-state index contributed by atoms with van der Waals surface area (Å²) in [5.41, 5.74) is 2.08. The molecule has 5 heteroatoms. The zero-order chi connectivity index (χ0) is 23.9. The number of nitriles is 2. The standard InChI is InChI=1S/C29H19N3O2/c1-19-4-10-24(11-5-19)29-25(26(33)32-27(29)34)3-2-16-28(29,22-12-6-20(17-30)7-13-22)23-14-8-21(18-31)9-15-23/h2-16H,1H3,(H,32,33,34). The summed E-state index contributed by atoms with van der Waals surface area (Å²) in [6.45, 7) is 1.97. The second-order valence-corrected chi connectivity index (χ2v) is 8.53. The van der Waals surface area contributed by atoms with E-state index < -0.39 is 22.6 Å². The minimum Gasteiger partial charge on any atom is -0.291 e. The first kappa shape index (κ1) is 21.1. The lowest BCUT2D eigenvalue weighted by Crippen LogP contribution is -2.55. The van der Waals surface area contributed by atoms with E-state index in [0.29, 0.717) is 22.3 Å². The number of imide groups is 1. The molecule has 0 saturated carbocycles. The van der Waals surface area contributed by atoms with Crippen LogP contribution in [0.1, 0.15) is 33.4 Å². The van der Waals surface area contributed by atoms with Crippen LogP contribution in [-0.2, 0) is 20.4 Å². The van der Waals surface area contributed by atoms with Crippen LogP contribution in [0.3, 0.4) is 0 Å². The van der Waals surface area contributed by atoms with Crippen molar-refractivity contribution in [2.24, 2.45) is 0 Å². The number of nitrogens with zero attached hydrogens (tertiary/aromatic N) is 2. The Balaban J connectivity index is 1.93. The summed E-state index contributed by atoms with van der Waals surface area (Å²) in [6, 6.07) is 26.1. The Morgan fingerprint density at radius 2 is 1.24 bits per heavy atom. The van der Waals surface area contributed by atoms with Crippen LogP contribution in [0.4, 0.5) is 0 Å². The molecule has 162 valence electrons. The number of amides is 2. The average Bonchev–Trinajstić information content (AvgIpc) is 3.15. The quantitative estimate of drug-likeness (QED) is 0.619. The molecule has 1 unspecified atom stereocenters. The summed E-state index contributed by atoms with van der Waals surface area (Å²) in [5.74, 6) is -0.840. The molecule has 1 aliphatic heterocycles. The zero-order valence-corrected chi connectivity index (χ0v) is 18.4. The van der Waals surface area contributed by atoms with Crippen LogP contribution in [0.5, 0.6) is 0 Å². The highest BCUT2D eigenvalue weighted by Gasteiger charge is 2.65. The fourth-order valence-electron chi connectivity index (χ4n) is 5.29. The zero-order valence-electron chi connectivity index (χ0n) is 18.4. The third-order valence-corrected chi connectivity index (χ3v) is 6.84. The second kappa shape index (κ2) is 7.69. The van der Waals surface area contributed by atoms with Crippen molar-refractivity contribution in [3.05, 3.63) is 130 Å². The minimum absolute atomic E-state index is 0.359. The number of fused-ring (bicyclic) bond motifs is 1. The smallest absolute Gasteiger partial charge is 0.255 e. The Labute approximate surface area is 197 Å². The molecule has 1 atom stereocenters. The molecule has 0 aromatic heterocycles. The van der Waals surface area contributed by atoms with Crippen LogP contribution < -0.4 is 5.32 Å². The van der Waals surface area contributed by atoms with E-state index in [2.05, 4.69) is 17.5 Å². The van der Waals surface area contributed by atoms with Crippen molar-refractivity contribution in [3.8, 4) is 12.1 Å². The number of rotatable bonds is 3. The van der Waals surface area contributed by atoms with E-state index in [9.17, 15) is 20.1 Å². The van der Waals surface area contributed by atoms with Crippen molar-refractivity contribution >= 4 is 11.8 Å². The normalized spacial score (nSPS) is 20.0. The Morgan fingerprint density at radius 3 is 1.74 bits per heavy atom. The lowest BCUT2D eigenvalue weighted by Gasteiger charge is -2.48. The lowest BCUT2D eigenvalue weighted by molar-refractivity contribution is -0.127. The van der Waals surface area contributed by atoms with E-state index in [1.807, 2.05) is 61.5 Å². The van der Waals surface area contributed by atoms with E-state index in [1.54, 1.807) is 36.4 Å². The first-order valence-electron chi connectivity index (χ1n) is 10.8. The van der Waals surface area contributed by atoms with Crippen molar-refractivity contribution in [2.75, 3.05) is 0 Å². The number of hydrogen-bond donors (Lipinski definition) is 1. The highest BCUT2D eigenvalue weighted by atomic mass is 16.2. The fourth-order valence-corrected chi connectivity index (χ4v) is 5.29. The number of allylic oxidation sites excluding steroid dienone is 3. The Kier molecular flexibility index (Phi) is 4.78. The van der Waals surface area contributed by atoms with Gasteiger partial charge in [-0.1, -0.05) is 72.3 Å². The predicted octanol–water partition coefficient (Wildman–Crippen LogP) is 4.12. The minimum atomic E-state index is -1.38. The van der Waals surface area contributed by atoms with E-state index >= 15 is 0 Å². The van der Waals surface area contributed by atoms with Gasteiger partial charge in [0.15, 0.2) is 0 Å². The van der Waals surface area contributed by atoms with Gasteiger partial charge < -0.3 is 0 Å². The van der Waals surface area contributed by atoms with Gasteiger partial charge in [-0.3, -0.25) is 14.9 Å². The summed E-state index contributed by atoms with van der Waals surface area (Å²) < 4.78 is 0. The molecule has 0 radical (unpaired) electrons. The Morgan fingerprint density at radius 1 is 0.735 bits per heavy atom. The van der Waals surface area contributed by atoms with Crippen LogP contribution in [-0.4, -0.2) is 11.8 Å². The molecule has 1 heterocycles. The summed E-state index contributed by atoms with van der Waals surface area (Å²) in [5, 5.41) is 21.3. The largest absolute Gasteiger partial charge is 0.291 e. The van der Waals surface area contributed by atoms with Gasteiger partial charge in [-0.15, -0.1) is 0 Å². The van der Waals surface area contributed by atoms with Crippen molar-refractivity contribution in [2.45, 2.75) is 17.8 Å². The first-order chi connectivity index (χ1) is 16.5. The van der Waals surface area contributed by atoms with Crippen LogP contribution in [0.25, 0.3) is 0 Å². The maximum Gasteiger partial charge on any atom is 0.255 e. The van der Waals surface area contributed by atoms with Gasteiger partial charge in [0, 0.05) is 5.57 Å². The number of nitrogens with one attached hydrogen (secondary N) is 1. The second-order valence-electron chi connectivity index (χ2n) is 8.53. The van der Waals surface area contributed by atoms with Crippen LogP contribution in [0, 0.1) is 29.6 Å². The Bertz CT molecular complexity index is 1410. The monoisotopic (exact) mass is 441 g/mol. The van der Waals surface area contributed by atoms with Gasteiger partial charge >= 0.3 is 0 Å². The summed E-state index contributed by atoms with van der Waals surface area (Å²) >= 11 is 0. The molecule has 1 saturated heterocycles. The number of benzene rings is 3. The highest BCUT2D eigenvalue weighted by molar-refractivity contribution is 6.22. The van der Waals surface area contributed by atoms with Crippen molar-refractivity contribution in [1.82, 2.24) is 5.32 Å². The van der Waals surface area contributed by atoms with Crippen LogP contribution in [0.15, 0.2) is 96.6 Å². The molecular formula is C29H19N3O2. The molecule has 34 heavy (non-hydrogen) atoms. The molecule has 5 rings (SSSR count). The molecule has 5 nitrogen and oxygen atoms in total. The molecular weight excluding hydrogens is 422 g/mol. The number of carbonyl (C=O) groups excluding carboxylic acids is 2. The lowest BCUT2D eigenvalue weighted by atomic mass is 9.50. The van der Waals surface area contributed by atoms with Crippen LogP contribution >= 0.6 is 0 Å². The van der Waals surface area contributed by atoms with Gasteiger partial charge in [-0.05, 0) is 47.9 Å². The predicted molar refractivity (Wildman–Crippen MR) is 126 cm³/mol. The molecule has 0 spiro atoms. The highest BCUT2D eigenvalue weighted by Crippen LogP contribution is 2.57. The number of hydrogen-bond acceptors (Lipinski definition) is 4. The molecule has 3 aromatic carbocycles. The molecule has 1 fully saturated rings. The topological polar surface area (TPSA) is 93.8 Å². The fraction of sp³-hybridized carbons (Fsp3) is 0.103. The SMILES string of the molecule is Cc1ccc(C23C(=O)NC(=O)C2=CC=CC3(c2ccc(C#N)cc2)c2ccc(C#N)cc2)cc1. The molecule has 1 N–H and O–H groups in total. The van der Waals surface area contributed by atoms with Crippen LogP contribution in [0.2, 0.25) is 0 Å². The molecule has 3 aromatic rings. The van der Waals surface area contributed by atoms with E-state index in [0.717, 1.165) is 16.7 Å². The molecule has 2 amide bonds. The maximum absolute atomic E-state index is 13.9. The number of aryl methyl sites for hydroxylation is 1. The van der Waals surface area contributed by atoms with Gasteiger partial charge in [-0.2, -0.15) is 10.5 Å². The van der Waals surface area contributed by atoms with Crippen molar-refractivity contribution in [3.63, 3.8) is 0 Å². The third kappa shape index (κ3) is 2.71. The van der Waals surface area contributed by atoms with Gasteiger partial charge in [-0.25, -0.2) is 0 Å². The Hall–Kier alpha value is -4.74. The average molecular weight is 441 g/mol. The summed E-state index contributed by atoms with van der Waals surface area (Å²) in [4.78, 5) is 27.0. The van der Waals surface area contributed by atoms with E-state index in [1.165, 1.54) is 0 Å². The van der Waals surface area contributed by atoms with Gasteiger partial charge in [0.05, 0.1) is 28.7 Å². The van der Waals surface area contributed by atoms with Gasteiger partial charge in [0.25, 0.3) is 5.91 Å².